The molecule has 0 saturated heterocycles. The molecule has 0 fully saturated rings. The normalized spacial score (nSPS) is 12.5. The summed E-state index contributed by atoms with van der Waals surface area (Å²) < 4.78 is 8.19. The Morgan fingerprint density at radius 3 is 2.74 bits per heavy atom. The Balaban J connectivity index is 1.97. The molecule has 1 N–H and O–H groups in total. The van der Waals surface area contributed by atoms with E-state index in [0.29, 0.717) is 11.9 Å². The van der Waals surface area contributed by atoms with Crippen LogP contribution < -0.4 is 11.2 Å². The van der Waals surface area contributed by atoms with Crippen molar-refractivity contribution in [3.63, 3.8) is 0 Å². The maximum atomic E-state index is 13.5. The van der Waals surface area contributed by atoms with Crippen molar-refractivity contribution in [3.05, 3.63) is 68.3 Å². The molecule has 0 amide bonds. The molecule has 0 aliphatic heterocycles. The molecule has 0 bridgehead atoms. The van der Waals surface area contributed by atoms with Gasteiger partial charge in [-0.2, -0.15) is 4.37 Å². The fraction of sp³-hybridized carbons (Fsp3) is 0.318. The van der Waals surface area contributed by atoms with E-state index in [1.54, 1.807) is 13.0 Å². The van der Waals surface area contributed by atoms with E-state index in [9.17, 15) is 19.5 Å². The molecule has 31 heavy (non-hydrogen) atoms. The first-order chi connectivity index (χ1) is 14.8. The average molecular weight is 439 g/mol. The molecule has 0 unspecified atom stereocenters. The summed E-state index contributed by atoms with van der Waals surface area (Å²) in [4.78, 5) is 41.9. The van der Waals surface area contributed by atoms with Crippen molar-refractivity contribution in [2.75, 3.05) is 0 Å². The van der Waals surface area contributed by atoms with Crippen LogP contribution in [0.15, 0.2) is 40.2 Å². The number of hydrogen-bond donors (Lipinski definition) is 1. The largest absolute Gasteiger partial charge is 0.481 e. The van der Waals surface area contributed by atoms with Crippen molar-refractivity contribution in [2.24, 2.45) is 0 Å². The van der Waals surface area contributed by atoms with Crippen molar-refractivity contribution in [1.29, 1.82) is 0 Å². The fourth-order valence-corrected chi connectivity index (χ4v) is 5.08. The number of pyridine rings is 1. The standard InChI is InChI=1S/C22H22N4O4S/c1-4-14(9-19(27)28)26-21(29)15-10-23-6-5-17(15)25(22(26)30)11-16-20-13(3)7-12(2)8-18(20)31-24-16/h5-8,10,14H,4,9,11H2,1-3H3,(H,27,28)/t14-/m0/s1. The summed E-state index contributed by atoms with van der Waals surface area (Å²) in [5.41, 5.74) is 2.35. The summed E-state index contributed by atoms with van der Waals surface area (Å²) in [6, 6.07) is 5.03. The zero-order valence-electron chi connectivity index (χ0n) is 17.5. The first kappa shape index (κ1) is 20.9. The molecule has 4 rings (SSSR count). The molecule has 0 radical (unpaired) electrons. The van der Waals surface area contributed by atoms with Crippen molar-refractivity contribution in [1.82, 2.24) is 18.5 Å². The van der Waals surface area contributed by atoms with Gasteiger partial charge in [0, 0.05) is 17.8 Å². The highest BCUT2D eigenvalue weighted by Crippen LogP contribution is 2.28. The molecule has 0 saturated carbocycles. The van der Waals surface area contributed by atoms with E-state index in [0.717, 1.165) is 31.5 Å². The quantitative estimate of drug-likeness (QED) is 0.495. The Labute approximate surface area is 181 Å². The van der Waals surface area contributed by atoms with E-state index in [-0.39, 0.29) is 18.4 Å². The van der Waals surface area contributed by atoms with Gasteiger partial charge in [-0.15, -0.1) is 0 Å². The van der Waals surface area contributed by atoms with Gasteiger partial charge in [0.15, 0.2) is 0 Å². The third-order valence-electron chi connectivity index (χ3n) is 5.52. The van der Waals surface area contributed by atoms with E-state index in [1.165, 1.54) is 28.5 Å². The van der Waals surface area contributed by atoms with Crippen LogP contribution in [0.1, 0.15) is 42.6 Å². The summed E-state index contributed by atoms with van der Waals surface area (Å²) >= 11 is 1.38. The zero-order chi connectivity index (χ0) is 22.3. The van der Waals surface area contributed by atoms with Gasteiger partial charge in [0.05, 0.1) is 40.3 Å². The highest BCUT2D eigenvalue weighted by molar-refractivity contribution is 7.13. The summed E-state index contributed by atoms with van der Waals surface area (Å²) in [5.74, 6) is -1.06. The lowest BCUT2D eigenvalue weighted by atomic mass is 10.1. The number of benzene rings is 1. The molecule has 0 spiro atoms. The summed E-state index contributed by atoms with van der Waals surface area (Å²) in [7, 11) is 0. The third kappa shape index (κ3) is 3.65. The number of aliphatic carboxylic acids is 1. The molecule has 160 valence electrons. The summed E-state index contributed by atoms with van der Waals surface area (Å²) in [6.07, 6.45) is 2.98. The number of fused-ring (bicyclic) bond motifs is 2. The van der Waals surface area contributed by atoms with Crippen LogP contribution in [-0.4, -0.2) is 29.6 Å². The Bertz CT molecular complexity index is 1430. The summed E-state index contributed by atoms with van der Waals surface area (Å²) in [5, 5.41) is 10.6. The maximum Gasteiger partial charge on any atom is 0.332 e. The van der Waals surface area contributed by atoms with E-state index >= 15 is 0 Å². The monoisotopic (exact) mass is 438 g/mol. The molecule has 0 aliphatic rings. The fourth-order valence-electron chi connectivity index (χ4n) is 4.11. The Kier molecular flexibility index (Phi) is 5.45. The topological polar surface area (TPSA) is 107 Å². The first-order valence-electron chi connectivity index (χ1n) is 9.98. The molecular weight excluding hydrogens is 416 g/mol. The maximum absolute atomic E-state index is 13.5. The predicted molar refractivity (Wildman–Crippen MR) is 120 cm³/mol. The molecule has 1 aromatic carbocycles. The number of carboxylic acid groups (broad SMARTS) is 1. The predicted octanol–water partition coefficient (Wildman–Crippen LogP) is 3.26. The van der Waals surface area contributed by atoms with Crippen molar-refractivity contribution in [2.45, 2.75) is 46.2 Å². The van der Waals surface area contributed by atoms with Crippen LogP contribution in [0.25, 0.3) is 21.0 Å². The number of aromatic nitrogens is 4. The van der Waals surface area contributed by atoms with Gasteiger partial charge in [-0.25, -0.2) is 4.79 Å². The molecule has 0 aliphatic carbocycles. The minimum atomic E-state index is -1.06. The van der Waals surface area contributed by atoms with Crippen LogP contribution in [0.3, 0.4) is 0 Å². The van der Waals surface area contributed by atoms with E-state index in [4.69, 9.17) is 0 Å². The van der Waals surface area contributed by atoms with Gasteiger partial charge in [0.2, 0.25) is 0 Å². The molecule has 3 aromatic heterocycles. The van der Waals surface area contributed by atoms with Crippen molar-refractivity contribution >= 4 is 38.5 Å². The van der Waals surface area contributed by atoms with Crippen LogP contribution in [-0.2, 0) is 11.3 Å². The highest BCUT2D eigenvalue weighted by atomic mass is 32.1. The summed E-state index contributed by atoms with van der Waals surface area (Å²) in [6.45, 7) is 5.98. The molecule has 1 atom stereocenters. The number of aryl methyl sites for hydroxylation is 2. The van der Waals surface area contributed by atoms with Gasteiger partial charge < -0.3 is 5.11 Å². The average Bonchev–Trinajstić information content (AvgIpc) is 3.12. The van der Waals surface area contributed by atoms with Crippen molar-refractivity contribution < 1.29 is 9.90 Å². The molecular formula is C22H22N4O4S. The third-order valence-corrected chi connectivity index (χ3v) is 6.35. The van der Waals surface area contributed by atoms with Crippen LogP contribution in [0, 0.1) is 13.8 Å². The zero-order valence-corrected chi connectivity index (χ0v) is 18.3. The van der Waals surface area contributed by atoms with Gasteiger partial charge in [-0.3, -0.25) is 23.7 Å². The SMILES string of the molecule is CC[C@@H](CC(=O)O)n1c(=O)c2cnccc2n(Cc2nsc3cc(C)cc(C)c23)c1=O. The van der Waals surface area contributed by atoms with Gasteiger partial charge in [0.1, 0.15) is 0 Å². The van der Waals surface area contributed by atoms with Crippen LogP contribution in [0.5, 0.6) is 0 Å². The first-order valence-corrected chi connectivity index (χ1v) is 10.8. The second-order valence-electron chi connectivity index (χ2n) is 7.68. The highest BCUT2D eigenvalue weighted by Gasteiger charge is 2.22. The second-order valence-corrected chi connectivity index (χ2v) is 8.49. The minimum Gasteiger partial charge on any atom is -0.481 e. The molecule has 8 nitrogen and oxygen atoms in total. The molecule has 3 heterocycles. The lowest BCUT2D eigenvalue weighted by Crippen LogP contribution is -2.43. The Morgan fingerprint density at radius 1 is 1.26 bits per heavy atom. The van der Waals surface area contributed by atoms with E-state index < -0.39 is 23.3 Å². The van der Waals surface area contributed by atoms with Crippen molar-refractivity contribution in [3.8, 4) is 0 Å². The van der Waals surface area contributed by atoms with Crippen LogP contribution >= 0.6 is 11.5 Å². The van der Waals surface area contributed by atoms with Gasteiger partial charge in [-0.05, 0) is 55.1 Å². The smallest absolute Gasteiger partial charge is 0.332 e. The number of nitrogens with zero attached hydrogens (tertiary/aromatic N) is 4. The van der Waals surface area contributed by atoms with Gasteiger partial charge in [0.25, 0.3) is 5.56 Å². The number of hydrogen-bond acceptors (Lipinski definition) is 6. The number of carboxylic acids is 1. The minimum absolute atomic E-state index is 0.174. The molecule has 9 heteroatoms. The van der Waals surface area contributed by atoms with Gasteiger partial charge in [-0.1, -0.05) is 13.0 Å². The van der Waals surface area contributed by atoms with E-state index in [2.05, 4.69) is 21.5 Å². The molecule has 4 aromatic rings. The van der Waals surface area contributed by atoms with Gasteiger partial charge >= 0.3 is 11.7 Å². The van der Waals surface area contributed by atoms with Crippen LogP contribution in [0.4, 0.5) is 0 Å². The second kappa shape index (κ2) is 8.07. The van der Waals surface area contributed by atoms with Crippen LogP contribution in [0.2, 0.25) is 0 Å². The Hall–Kier alpha value is -3.33. The lowest BCUT2D eigenvalue weighted by Gasteiger charge is -2.19. The Morgan fingerprint density at radius 2 is 2.03 bits per heavy atom. The number of rotatable bonds is 6. The van der Waals surface area contributed by atoms with E-state index in [1.807, 2.05) is 13.8 Å². The number of carbonyl (C=O) groups is 1. The lowest BCUT2D eigenvalue weighted by molar-refractivity contribution is -0.138.